The van der Waals surface area contributed by atoms with Gasteiger partial charge in [-0.15, -0.1) is 0 Å². The fraction of sp³-hybridized carbons (Fsp3) is 0.182. The van der Waals surface area contributed by atoms with Crippen LogP contribution in [0.4, 0.5) is 0 Å². The van der Waals surface area contributed by atoms with E-state index < -0.39 is 10.0 Å². The zero-order valence-electron chi connectivity index (χ0n) is 15.4. The predicted molar refractivity (Wildman–Crippen MR) is 108 cm³/mol. The van der Waals surface area contributed by atoms with Gasteiger partial charge in [-0.2, -0.15) is 0 Å². The molecule has 2 aromatic carbocycles. The molecular formula is C22H22N2O3S. The molecule has 0 aliphatic carbocycles. The number of rotatable bonds is 9. The van der Waals surface area contributed by atoms with Gasteiger partial charge in [0.2, 0.25) is 10.0 Å². The number of ketones is 1. The first-order chi connectivity index (χ1) is 13.5. The molecule has 0 fully saturated rings. The first-order valence-corrected chi connectivity index (χ1v) is 10.5. The second-order valence-electron chi connectivity index (χ2n) is 6.53. The summed E-state index contributed by atoms with van der Waals surface area (Å²) >= 11 is 0. The van der Waals surface area contributed by atoms with E-state index >= 15 is 0 Å². The normalized spacial score (nSPS) is 11.3. The Balaban J connectivity index is 1.54. The zero-order valence-corrected chi connectivity index (χ0v) is 16.2. The minimum absolute atomic E-state index is 0.135. The van der Waals surface area contributed by atoms with E-state index in [0.29, 0.717) is 19.3 Å². The number of benzene rings is 2. The van der Waals surface area contributed by atoms with Crippen LogP contribution >= 0.6 is 0 Å². The summed E-state index contributed by atoms with van der Waals surface area (Å²) in [6, 6.07) is 19.9. The summed E-state index contributed by atoms with van der Waals surface area (Å²) in [5.74, 6) is 0.135. The van der Waals surface area contributed by atoms with Gasteiger partial charge in [0.25, 0.3) is 0 Å². The molecule has 0 aliphatic heterocycles. The first kappa shape index (κ1) is 19.9. The molecule has 3 aromatic rings. The van der Waals surface area contributed by atoms with Crippen molar-refractivity contribution in [1.29, 1.82) is 0 Å². The minimum Gasteiger partial charge on any atom is -0.299 e. The summed E-state index contributed by atoms with van der Waals surface area (Å²) < 4.78 is 27.4. The molecule has 0 saturated heterocycles. The van der Waals surface area contributed by atoms with E-state index in [1.807, 2.05) is 30.3 Å². The Labute approximate surface area is 165 Å². The number of nitrogens with zero attached hydrogens (tertiary/aromatic N) is 1. The first-order valence-electron chi connectivity index (χ1n) is 9.06. The number of hydrogen-bond donors (Lipinski definition) is 1. The van der Waals surface area contributed by atoms with Gasteiger partial charge in [-0.05, 0) is 47.4 Å². The zero-order chi connectivity index (χ0) is 19.8. The molecular weight excluding hydrogens is 372 g/mol. The highest BCUT2D eigenvalue weighted by atomic mass is 32.2. The van der Waals surface area contributed by atoms with Crippen molar-refractivity contribution in [3.63, 3.8) is 0 Å². The van der Waals surface area contributed by atoms with E-state index in [1.54, 1.807) is 36.7 Å². The molecule has 0 aliphatic rings. The minimum atomic E-state index is -3.61. The maximum Gasteiger partial charge on any atom is 0.240 e. The van der Waals surface area contributed by atoms with E-state index in [9.17, 15) is 13.2 Å². The number of carbonyl (C=O) groups is 1. The van der Waals surface area contributed by atoms with Gasteiger partial charge >= 0.3 is 0 Å². The van der Waals surface area contributed by atoms with Gasteiger partial charge < -0.3 is 0 Å². The molecule has 5 nitrogen and oxygen atoms in total. The summed E-state index contributed by atoms with van der Waals surface area (Å²) in [7, 11) is -3.61. The van der Waals surface area contributed by atoms with E-state index in [-0.39, 0.29) is 17.2 Å². The Morgan fingerprint density at radius 2 is 1.50 bits per heavy atom. The third kappa shape index (κ3) is 5.84. The van der Waals surface area contributed by atoms with Gasteiger partial charge in [0, 0.05) is 31.8 Å². The third-order valence-corrected chi connectivity index (χ3v) is 5.80. The SMILES string of the molecule is O=C(CCc1ccccc1)Cc1ccc(S(=O)(=O)NCc2ccncc2)cc1. The Kier molecular flexibility index (Phi) is 6.68. The molecule has 3 rings (SSSR count). The Morgan fingerprint density at radius 3 is 2.18 bits per heavy atom. The molecule has 0 unspecified atom stereocenters. The Hall–Kier alpha value is -2.83. The average molecular weight is 394 g/mol. The van der Waals surface area contributed by atoms with Crippen molar-refractivity contribution >= 4 is 15.8 Å². The lowest BCUT2D eigenvalue weighted by molar-refractivity contribution is -0.118. The van der Waals surface area contributed by atoms with Gasteiger partial charge in [-0.3, -0.25) is 9.78 Å². The lowest BCUT2D eigenvalue weighted by atomic mass is 10.0. The summed E-state index contributed by atoms with van der Waals surface area (Å²) in [5.41, 5.74) is 2.78. The smallest absolute Gasteiger partial charge is 0.240 e. The maximum absolute atomic E-state index is 12.4. The lowest BCUT2D eigenvalue weighted by Crippen LogP contribution is -2.23. The fourth-order valence-corrected chi connectivity index (χ4v) is 3.81. The second-order valence-corrected chi connectivity index (χ2v) is 8.29. The largest absolute Gasteiger partial charge is 0.299 e. The number of pyridine rings is 1. The number of aryl methyl sites for hydroxylation is 1. The van der Waals surface area contributed by atoms with Crippen molar-refractivity contribution in [2.45, 2.75) is 30.7 Å². The fourth-order valence-electron chi connectivity index (χ4n) is 2.79. The van der Waals surface area contributed by atoms with Gasteiger partial charge in [0.05, 0.1) is 4.90 Å². The highest BCUT2D eigenvalue weighted by Gasteiger charge is 2.14. The predicted octanol–water partition coefficient (Wildman–Crippen LogP) is 3.30. The van der Waals surface area contributed by atoms with Gasteiger partial charge in [-0.25, -0.2) is 13.1 Å². The topological polar surface area (TPSA) is 76.1 Å². The summed E-state index contributed by atoms with van der Waals surface area (Å²) in [4.78, 5) is 16.3. The molecule has 6 heteroatoms. The van der Waals surface area contributed by atoms with E-state index in [0.717, 1.165) is 16.7 Å². The molecule has 1 aromatic heterocycles. The molecule has 0 amide bonds. The highest BCUT2D eigenvalue weighted by molar-refractivity contribution is 7.89. The van der Waals surface area contributed by atoms with Crippen LogP contribution in [-0.2, 0) is 34.2 Å². The van der Waals surface area contributed by atoms with Crippen molar-refractivity contribution in [3.05, 3.63) is 95.8 Å². The van der Waals surface area contributed by atoms with Crippen molar-refractivity contribution in [3.8, 4) is 0 Å². The monoisotopic (exact) mass is 394 g/mol. The number of nitrogens with one attached hydrogen (secondary N) is 1. The van der Waals surface area contributed by atoms with Crippen LogP contribution in [-0.4, -0.2) is 19.2 Å². The Bertz CT molecular complexity index is 1000. The Morgan fingerprint density at radius 1 is 0.821 bits per heavy atom. The summed E-state index contributed by atoms with van der Waals surface area (Å²) in [5, 5.41) is 0. The number of hydrogen-bond acceptors (Lipinski definition) is 4. The average Bonchev–Trinajstić information content (AvgIpc) is 2.73. The van der Waals surface area contributed by atoms with Crippen LogP contribution in [0, 0.1) is 0 Å². The van der Waals surface area contributed by atoms with Crippen LogP contribution in [0.3, 0.4) is 0 Å². The molecule has 0 saturated carbocycles. The standard InChI is InChI=1S/C22H22N2O3S/c25-21(9-6-18-4-2-1-3-5-18)16-19-7-10-22(11-8-19)28(26,27)24-17-20-12-14-23-15-13-20/h1-5,7-8,10-15,24H,6,9,16-17H2. The molecule has 1 N–H and O–H groups in total. The third-order valence-electron chi connectivity index (χ3n) is 4.39. The lowest BCUT2D eigenvalue weighted by Gasteiger charge is -2.08. The summed E-state index contributed by atoms with van der Waals surface area (Å²) in [6.45, 7) is 0.199. The van der Waals surface area contributed by atoms with Crippen molar-refractivity contribution in [1.82, 2.24) is 9.71 Å². The van der Waals surface area contributed by atoms with Gasteiger partial charge in [0.1, 0.15) is 5.78 Å². The molecule has 0 bridgehead atoms. The van der Waals surface area contributed by atoms with Crippen LogP contribution in [0.25, 0.3) is 0 Å². The van der Waals surface area contributed by atoms with Crippen molar-refractivity contribution in [2.75, 3.05) is 0 Å². The second kappa shape index (κ2) is 9.39. The highest BCUT2D eigenvalue weighted by Crippen LogP contribution is 2.13. The van der Waals surface area contributed by atoms with E-state index in [2.05, 4.69) is 9.71 Å². The summed E-state index contributed by atoms with van der Waals surface area (Å²) in [6.07, 6.45) is 4.72. The quantitative estimate of drug-likeness (QED) is 0.604. The van der Waals surface area contributed by atoms with E-state index in [4.69, 9.17) is 0 Å². The van der Waals surface area contributed by atoms with Crippen molar-refractivity contribution < 1.29 is 13.2 Å². The molecule has 1 heterocycles. The number of carbonyl (C=O) groups excluding carboxylic acids is 1. The van der Waals surface area contributed by atoms with E-state index in [1.165, 1.54) is 12.1 Å². The molecule has 0 atom stereocenters. The molecule has 0 radical (unpaired) electrons. The number of aromatic nitrogens is 1. The van der Waals surface area contributed by atoms with Crippen molar-refractivity contribution in [2.24, 2.45) is 0 Å². The van der Waals surface area contributed by atoms with Crippen LogP contribution in [0.15, 0.2) is 84.0 Å². The maximum atomic E-state index is 12.4. The van der Waals surface area contributed by atoms with Crippen LogP contribution in [0.2, 0.25) is 0 Å². The van der Waals surface area contributed by atoms with Crippen LogP contribution < -0.4 is 4.72 Å². The number of Topliss-reactive ketones (excluding diaryl/α,β-unsaturated/α-hetero) is 1. The molecule has 28 heavy (non-hydrogen) atoms. The van der Waals surface area contributed by atoms with Crippen LogP contribution in [0.5, 0.6) is 0 Å². The van der Waals surface area contributed by atoms with Gasteiger partial charge in [0.15, 0.2) is 0 Å². The molecule has 144 valence electrons. The van der Waals surface area contributed by atoms with Gasteiger partial charge in [-0.1, -0.05) is 42.5 Å². The molecule has 0 spiro atoms. The van der Waals surface area contributed by atoms with Crippen LogP contribution in [0.1, 0.15) is 23.1 Å². The number of sulfonamides is 1.